The lowest BCUT2D eigenvalue weighted by atomic mass is 10.0. The SMILES string of the molecule is CC(C)n1[nH]c(=O)c2c(-c3cc4ccccc4[nH]c3=O)c3oc4c(O)c(=O)ccc4c3[nH]c21. The van der Waals surface area contributed by atoms with Crippen molar-refractivity contribution >= 4 is 44.0 Å². The molecule has 4 aromatic heterocycles. The van der Waals surface area contributed by atoms with E-state index >= 15 is 0 Å². The normalized spacial score (nSPS) is 12.1. The summed E-state index contributed by atoms with van der Waals surface area (Å²) in [7, 11) is 0. The first-order valence-corrected chi connectivity index (χ1v) is 10.4. The van der Waals surface area contributed by atoms with E-state index in [1.165, 1.54) is 6.07 Å². The highest BCUT2D eigenvalue weighted by atomic mass is 16.4. The van der Waals surface area contributed by atoms with Crippen molar-refractivity contribution in [2.45, 2.75) is 19.9 Å². The van der Waals surface area contributed by atoms with Crippen molar-refractivity contribution in [1.82, 2.24) is 19.7 Å². The number of nitrogens with one attached hydrogen (secondary N) is 3. The number of para-hydroxylation sites is 1. The molecule has 164 valence electrons. The third-order valence-corrected chi connectivity index (χ3v) is 5.98. The minimum atomic E-state index is -0.583. The molecule has 0 fully saturated rings. The lowest BCUT2D eigenvalue weighted by molar-refractivity contribution is 0.464. The first-order valence-electron chi connectivity index (χ1n) is 10.4. The maximum absolute atomic E-state index is 13.2. The van der Waals surface area contributed by atoms with Gasteiger partial charge in [-0.25, -0.2) is 0 Å². The van der Waals surface area contributed by atoms with Gasteiger partial charge in [-0.15, -0.1) is 0 Å². The van der Waals surface area contributed by atoms with Crippen LogP contribution in [0.1, 0.15) is 19.9 Å². The number of aromatic amines is 3. The number of phenols is 1. The van der Waals surface area contributed by atoms with E-state index in [-0.39, 0.29) is 33.7 Å². The van der Waals surface area contributed by atoms with Crippen molar-refractivity contribution in [2.24, 2.45) is 0 Å². The molecule has 0 aliphatic rings. The molecule has 0 bridgehead atoms. The zero-order valence-corrected chi connectivity index (χ0v) is 17.6. The summed E-state index contributed by atoms with van der Waals surface area (Å²) in [6.45, 7) is 3.83. The van der Waals surface area contributed by atoms with Gasteiger partial charge in [-0.05, 0) is 43.5 Å². The standard InChI is InChI=1S/C24H18N4O5/c1-10(2)28-22-17(24(32)27-28)16(13-9-11-5-3-4-6-14(11)25-23(13)31)21-18(26-22)12-7-8-15(29)19(30)20(12)33-21/h3-10,26,30H,1-2H3,(H,25,31)(H,27,32). The van der Waals surface area contributed by atoms with Gasteiger partial charge in [0.1, 0.15) is 5.65 Å². The third kappa shape index (κ3) is 2.56. The highest BCUT2D eigenvalue weighted by Gasteiger charge is 2.25. The maximum atomic E-state index is 13.2. The van der Waals surface area contributed by atoms with E-state index in [4.69, 9.17) is 4.42 Å². The number of benzene rings is 2. The Kier molecular flexibility index (Phi) is 3.77. The summed E-state index contributed by atoms with van der Waals surface area (Å²) in [6.07, 6.45) is 0. The highest BCUT2D eigenvalue weighted by molar-refractivity contribution is 6.15. The fourth-order valence-corrected chi connectivity index (χ4v) is 4.44. The number of aromatic hydroxyl groups is 1. The van der Waals surface area contributed by atoms with Crippen molar-refractivity contribution < 1.29 is 9.52 Å². The molecule has 0 aliphatic heterocycles. The fraction of sp³-hybridized carbons (Fsp3) is 0.125. The first-order chi connectivity index (χ1) is 15.8. The van der Waals surface area contributed by atoms with Crippen LogP contribution >= 0.6 is 0 Å². The van der Waals surface area contributed by atoms with Crippen LogP contribution < -0.4 is 16.5 Å². The number of fused-ring (bicyclic) bond motifs is 5. The molecular weight excluding hydrogens is 424 g/mol. The van der Waals surface area contributed by atoms with E-state index in [1.54, 1.807) is 22.9 Å². The number of aromatic nitrogens is 4. The Morgan fingerprint density at radius 2 is 1.76 bits per heavy atom. The van der Waals surface area contributed by atoms with E-state index in [0.29, 0.717) is 22.1 Å². The van der Waals surface area contributed by atoms with Crippen molar-refractivity contribution in [3.63, 3.8) is 0 Å². The number of phenolic OH excluding ortho intramolecular Hbond substituents is 1. The molecule has 0 radical (unpaired) electrons. The molecule has 33 heavy (non-hydrogen) atoms. The van der Waals surface area contributed by atoms with Crippen LogP contribution in [-0.2, 0) is 0 Å². The lowest BCUT2D eigenvalue weighted by Gasteiger charge is -2.10. The van der Waals surface area contributed by atoms with E-state index in [2.05, 4.69) is 15.1 Å². The quantitative estimate of drug-likeness (QED) is 0.324. The number of rotatable bonds is 2. The van der Waals surface area contributed by atoms with E-state index < -0.39 is 22.3 Å². The van der Waals surface area contributed by atoms with Gasteiger partial charge in [-0.2, -0.15) is 0 Å². The molecule has 0 aliphatic carbocycles. The van der Waals surface area contributed by atoms with E-state index in [1.807, 2.05) is 32.0 Å². The molecule has 0 atom stereocenters. The first kappa shape index (κ1) is 19.2. The second-order valence-electron chi connectivity index (χ2n) is 8.32. The Morgan fingerprint density at radius 3 is 2.55 bits per heavy atom. The molecule has 0 saturated carbocycles. The Hall–Kier alpha value is -4.53. The monoisotopic (exact) mass is 442 g/mol. The Labute approximate surface area is 183 Å². The van der Waals surface area contributed by atoms with E-state index in [9.17, 15) is 19.5 Å². The number of furan rings is 1. The zero-order chi connectivity index (χ0) is 23.0. The summed E-state index contributed by atoms with van der Waals surface area (Å²) in [5, 5.41) is 14.7. The molecule has 2 aromatic carbocycles. The van der Waals surface area contributed by atoms with Gasteiger partial charge < -0.3 is 19.5 Å². The minimum Gasteiger partial charge on any atom is -0.502 e. The highest BCUT2D eigenvalue weighted by Crippen LogP contribution is 2.39. The van der Waals surface area contributed by atoms with Crippen LogP contribution in [0.4, 0.5) is 0 Å². The van der Waals surface area contributed by atoms with Crippen LogP contribution in [0.3, 0.4) is 0 Å². The summed E-state index contributed by atoms with van der Waals surface area (Å²) < 4.78 is 7.63. The number of nitrogens with zero attached hydrogens (tertiary/aromatic N) is 1. The molecule has 4 heterocycles. The van der Waals surface area contributed by atoms with Gasteiger partial charge in [-0.1, -0.05) is 18.2 Å². The Morgan fingerprint density at radius 1 is 0.970 bits per heavy atom. The second-order valence-corrected chi connectivity index (χ2v) is 8.32. The van der Waals surface area contributed by atoms with Crippen LogP contribution in [0, 0.1) is 0 Å². The lowest BCUT2D eigenvalue weighted by Crippen LogP contribution is -2.11. The zero-order valence-electron chi connectivity index (χ0n) is 17.6. The fourth-order valence-electron chi connectivity index (χ4n) is 4.44. The average Bonchev–Trinajstić information content (AvgIpc) is 3.33. The predicted molar refractivity (Wildman–Crippen MR) is 126 cm³/mol. The predicted octanol–water partition coefficient (Wildman–Crippen LogP) is 3.71. The summed E-state index contributed by atoms with van der Waals surface area (Å²) in [5.41, 5.74) is 0.941. The van der Waals surface area contributed by atoms with Crippen molar-refractivity contribution in [2.75, 3.05) is 0 Å². The number of H-pyrrole nitrogens is 3. The average molecular weight is 442 g/mol. The van der Waals surface area contributed by atoms with Gasteiger partial charge in [0.15, 0.2) is 11.2 Å². The molecule has 0 unspecified atom stereocenters. The van der Waals surface area contributed by atoms with Crippen LogP contribution in [0.25, 0.3) is 55.1 Å². The molecule has 6 rings (SSSR count). The van der Waals surface area contributed by atoms with Gasteiger partial charge in [-0.3, -0.25) is 24.2 Å². The van der Waals surface area contributed by atoms with Gasteiger partial charge in [0.25, 0.3) is 11.1 Å². The summed E-state index contributed by atoms with van der Waals surface area (Å²) in [4.78, 5) is 44.4. The topological polar surface area (TPSA) is 137 Å². The molecule has 9 nitrogen and oxygen atoms in total. The van der Waals surface area contributed by atoms with Crippen molar-refractivity contribution in [3.8, 4) is 16.9 Å². The van der Waals surface area contributed by atoms with Crippen LogP contribution in [0.15, 0.2) is 61.3 Å². The summed E-state index contributed by atoms with van der Waals surface area (Å²) >= 11 is 0. The number of hydrogen-bond donors (Lipinski definition) is 4. The van der Waals surface area contributed by atoms with Gasteiger partial charge >= 0.3 is 0 Å². The van der Waals surface area contributed by atoms with Gasteiger partial charge in [0.2, 0.25) is 11.2 Å². The van der Waals surface area contributed by atoms with E-state index in [0.717, 1.165) is 5.39 Å². The largest absolute Gasteiger partial charge is 0.502 e. The van der Waals surface area contributed by atoms with Crippen molar-refractivity contribution in [3.05, 3.63) is 73.4 Å². The molecule has 6 aromatic rings. The summed E-state index contributed by atoms with van der Waals surface area (Å²) in [6, 6.07) is 11.7. The third-order valence-electron chi connectivity index (χ3n) is 5.98. The second kappa shape index (κ2) is 6.49. The Bertz CT molecular complexity index is 1930. The molecule has 0 spiro atoms. The van der Waals surface area contributed by atoms with Crippen LogP contribution in [0.5, 0.6) is 5.75 Å². The minimum absolute atomic E-state index is 0.00704. The summed E-state index contributed by atoms with van der Waals surface area (Å²) in [5.74, 6) is -0.527. The van der Waals surface area contributed by atoms with Gasteiger partial charge in [0.05, 0.1) is 16.5 Å². The maximum Gasteiger partial charge on any atom is 0.274 e. The van der Waals surface area contributed by atoms with Crippen LogP contribution in [-0.4, -0.2) is 24.9 Å². The molecule has 4 N–H and O–H groups in total. The Balaban J connectivity index is 1.90. The molecule has 9 heteroatoms. The molecular formula is C24H18N4O5. The van der Waals surface area contributed by atoms with Crippen LogP contribution in [0.2, 0.25) is 0 Å². The number of pyridine rings is 2. The molecule has 0 amide bonds. The van der Waals surface area contributed by atoms with Gasteiger partial charge in [0, 0.05) is 22.5 Å². The van der Waals surface area contributed by atoms with Crippen molar-refractivity contribution in [1.29, 1.82) is 0 Å². The smallest absolute Gasteiger partial charge is 0.274 e. The molecule has 0 saturated heterocycles. The number of hydrogen-bond acceptors (Lipinski definition) is 5.